The molecule has 0 bridgehead atoms. The minimum absolute atomic E-state index is 0.514. The second-order valence-electron chi connectivity index (χ2n) is 5.26. The molecule has 2 aliphatic carbocycles. The Kier molecular flexibility index (Phi) is 4.45. The summed E-state index contributed by atoms with van der Waals surface area (Å²) in [6, 6.07) is 0.725. The third-order valence-corrected chi connectivity index (χ3v) is 3.88. The van der Waals surface area contributed by atoms with Gasteiger partial charge in [0.2, 0.25) is 0 Å². The SMILES string of the molecule is COC1CCCC(NCCCC2CC2)C1. The van der Waals surface area contributed by atoms with Crippen LogP contribution in [0.5, 0.6) is 0 Å². The molecule has 88 valence electrons. The molecule has 2 unspecified atom stereocenters. The van der Waals surface area contributed by atoms with Gasteiger partial charge in [-0.25, -0.2) is 0 Å². The van der Waals surface area contributed by atoms with Crippen LogP contribution in [0.4, 0.5) is 0 Å². The third-order valence-electron chi connectivity index (χ3n) is 3.88. The van der Waals surface area contributed by atoms with Crippen molar-refractivity contribution in [3.05, 3.63) is 0 Å². The van der Waals surface area contributed by atoms with Gasteiger partial charge in [0.25, 0.3) is 0 Å². The highest BCUT2D eigenvalue weighted by molar-refractivity contribution is 4.79. The van der Waals surface area contributed by atoms with Crippen molar-refractivity contribution in [1.29, 1.82) is 0 Å². The van der Waals surface area contributed by atoms with E-state index in [0.29, 0.717) is 6.10 Å². The Morgan fingerprint density at radius 1 is 1.20 bits per heavy atom. The molecule has 15 heavy (non-hydrogen) atoms. The molecule has 0 radical (unpaired) electrons. The van der Waals surface area contributed by atoms with Gasteiger partial charge < -0.3 is 10.1 Å². The predicted molar refractivity (Wildman–Crippen MR) is 63.0 cm³/mol. The first-order chi connectivity index (χ1) is 7.38. The smallest absolute Gasteiger partial charge is 0.0586 e. The molecule has 0 spiro atoms. The van der Waals surface area contributed by atoms with Gasteiger partial charge in [-0.1, -0.05) is 12.8 Å². The number of ether oxygens (including phenoxy) is 1. The molecule has 0 heterocycles. The predicted octanol–water partition coefficient (Wildman–Crippen LogP) is 2.72. The second kappa shape index (κ2) is 5.86. The van der Waals surface area contributed by atoms with Crippen molar-refractivity contribution in [2.75, 3.05) is 13.7 Å². The molecule has 2 saturated carbocycles. The van der Waals surface area contributed by atoms with E-state index in [0.717, 1.165) is 12.0 Å². The summed E-state index contributed by atoms with van der Waals surface area (Å²) in [6.07, 6.45) is 11.5. The topological polar surface area (TPSA) is 21.3 Å². The summed E-state index contributed by atoms with van der Waals surface area (Å²) in [5.74, 6) is 1.09. The third kappa shape index (κ3) is 4.12. The Morgan fingerprint density at radius 2 is 2.07 bits per heavy atom. The molecule has 0 saturated heterocycles. The van der Waals surface area contributed by atoms with Crippen LogP contribution in [-0.4, -0.2) is 25.8 Å². The van der Waals surface area contributed by atoms with E-state index in [1.165, 1.54) is 57.9 Å². The molecular weight excluding hydrogens is 186 g/mol. The maximum atomic E-state index is 5.44. The van der Waals surface area contributed by atoms with E-state index in [4.69, 9.17) is 4.74 Å². The highest BCUT2D eigenvalue weighted by Gasteiger charge is 2.22. The summed E-state index contributed by atoms with van der Waals surface area (Å²) >= 11 is 0. The normalized spacial score (nSPS) is 31.8. The van der Waals surface area contributed by atoms with E-state index in [2.05, 4.69) is 5.32 Å². The van der Waals surface area contributed by atoms with Gasteiger partial charge in [-0.2, -0.15) is 0 Å². The molecule has 0 amide bonds. The van der Waals surface area contributed by atoms with Crippen LogP contribution < -0.4 is 5.32 Å². The molecule has 0 aromatic heterocycles. The monoisotopic (exact) mass is 211 g/mol. The van der Waals surface area contributed by atoms with Crippen molar-refractivity contribution >= 4 is 0 Å². The molecule has 0 aromatic rings. The highest BCUT2D eigenvalue weighted by atomic mass is 16.5. The van der Waals surface area contributed by atoms with E-state index >= 15 is 0 Å². The minimum atomic E-state index is 0.514. The van der Waals surface area contributed by atoms with E-state index in [1.807, 2.05) is 7.11 Å². The second-order valence-corrected chi connectivity index (χ2v) is 5.26. The number of rotatable bonds is 6. The van der Waals surface area contributed by atoms with Gasteiger partial charge in [-0.3, -0.25) is 0 Å². The Bertz CT molecular complexity index is 179. The van der Waals surface area contributed by atoms with Gasteiger partial charge in [-0.05, 0) is 51.0 Å². The Balaban J connectivity index is 1.52. The van der Waals surface area contributed by atoms with Gasteiger partial charge >= 0.3 is 0 Å². The lowest BCUT2D eigenvalue weighted by Gasteiger charge is -2.28. The fourth-order valence-electron chi connectivity index (χ4n) is 2.65. The lowest BCUT2D eigenvalue weighted by atomic mass is 9.93. The van der Waals surface area contributed by atoms with Crippen molar-refractivity contribution in [2.24, 2.45) is 5.92 Å². The Labute approximate surface area is 93.8 Å². The van der Waals surface area contributed by atoms with Crippen LogP contribution >= 0.6 is 0 Å². The maximum Gasteiger partial charge on any atom is 0.0586 e. The van der Waals surface area contributed by atoms with Crippen LogP contribution in [-0.2, 0) is 4.74 Å². The molecule has 2 heteroatoms. The lowest BCUT2D eigenvalue weighted by molar-refractivity contribution is 0.0589. The zero-order valence-corrected chi connectivity index (χ0v) is 10.0. The molecular formula is C13H25NO. The average molecular weight is 211 g/mol. The summed E-state index contributed by atoms with van der Waals surface area (Å²) in [4.78, 5) is 0. The van der Waals surface area contributed by atoms with Crippen LogP contribution in [0.3, 0.4) is 0 Å². The van der Waals surface area contributed by atoms with E-state index in [1.54, 1.807) is 0 Å². The van der Waals surface area contributed by atoms with Gasteiger partial charge in [0.15, 0.2) is 0 Å². The fourth-order valence-corrected chi connectivity index (χ4v) is 2.65. The van der Waals surface area contributed by atoms with E-state index < -0.39 is 0 Å². The first-order valence-electron chi connectivity index (χ1n) is 6.64. The Hall–Kier alpha value is -0.0800. The zero-order chi connectivity index (χ0) is 10.5. The maximum absolute atomic E-state index is 5.44. The number of nitrogens with one attached hydrogen (secondary N) is 1. The van der Waals surface area contributed by atoms with E-state index in [9.17, 15) is 0 Å². The quantitative estimate of drug-likeness (QED) is 0.682. The molecule has 2 rings (SSSR count). The summed E-state index contributed by atoms with van der Waals surface area (Å²) in [6.45, 7) is 1.22. The molecule has 0 aliphatic heterocycles. The fraction of sp³-hybridized carbons (Fsp3) is 1.00. The number of methoxy groups -OCH3 is 1. The van der Waals surface area contributed by atoms with Crippen LogP contribution in [0.1, 0.15) is 51.4 Å². The lowest BCUT2D eigenvalue weighted by Crippen LogP contribution is -2.37. The first kappa shape index (κ1) is 11.4. The molecule has 2 nitrogen and oxygen atoms in total. The van der Waals surface area contributed by atoms with Gasteiger partial charge in [-0.15, -0.1) is 0 Å². The van der Waals surface area contributed by atoms with Crippen LogP contribution in [0.15, 0.2) is 0 Å². The van der Waals surface area contributed by atoms with Crippen molar-refractivity contribution in [2.45, 2.75) is 63.5 Å². The average Bonchev–Trinajstić information content (AvgIpc) is 3.09. The summed E-state index contributed by atoms with van der Waals surface area (Å²) in [5.41, 5.74) is 0. The molecule has 2 aliphatic rings. The van der Waals surface area contributed by atoms with Gasteiger partial charge in [0.1, 0.15) is 0 Å². The number of hydrogen-bond acceptors (Lipinski definition) is 2. The molecule has 2 fully saturated rings. The molecule has 1 N–H and O–H groups in total. The highest BCUT2D eigenvalue weighted by Crippen LogP contribution is 2.33. The molecule has 2 atom stereocenters. The molecule has 0 aromatic carbocycles. The Morgan fingerprint density at radius 3 is 2.80 bits per heavy atom. The summed E-state index contributed by atoms with van der Waals surface area (Å²) in [5, 5.41) is 3.69. The first-order valence-corrected chi connectivity index (χ1v) is 6.64. The van der Waals surface area contributed by atoms with Crippen molar-refractivity contribution in [3.8, 4) is 0 Å². The zero-order valence-electron chi connectivity index (χ0n) is 10.0. The van der Waals surface area contributed by atoms with Crippen molar-refractivity contribution < 1.29 is 4.74 Å². The number of hydrogen-bond donors (Lipinski definition) is 1. The minimum Gasteiger partial charge on any atom is -0.381 e. The van der Waals surface area contributed by atoms with Crippen LogP contribution in [0, 0.1) is 5.92 Å². The van der Waals surface area contributed by atoms with Crippen LogP contribution in [0.2, 0.25) is 0 Å². The summed E-state index contributed by atoms with van der Waals surface area (Å²) < 4.78 is 5.44. The van der Waals surface area contributed by atoms with E-state index in [-0.39, 0.29) is 0 Å². The largest absolute Gasteiger partial charge is 0.381 e. The van der Waals surface area contributed by atoms with Crippen molar-refractivity contribution in [3.63, 3.8) is 0 Å². The van der Waals surface area contributed by atoms with Crippen molar-refractivity contribution in [1.82, 2.24) is 5.32 Å². The van der Waals surface area contributed by atoms with Gasteiger partial charge in [0.05, 0.1) is 6.10 Å². The van der Waals surface area contributed by atoms with Crippen LogP contribution in [0.25, 0.3) is 0 Å². The standard InChI is InChI=1S/C13H25NO/c1-15-13-6-2-5-12(10-13)14-9-3-4-11-7-8-11/h11-14H,2-10H2,1H3. The summed E-state index contributed by atoms with van der Waals surface area (Å²) in [7, 11) is 1.85. The van der Waals surface area contributed by atoms with Gasteiger partial charge in [0, 0.05) is 13.2 Å².